The van der Waals surface area contributed by atoms with Gasteiger partial charge in [-0.25, -0.2) is 4.98 Å². The predicted octanol–water partition coefficient (Wildman–Crippen LogP) is 3.31. The fraction of sp³-hybridized carbons (Fsp3) is 0.167. The van der Waals surface area contributed by atoms with E-state index in [1.165, 1.54) is 10.4 Å². The summed E-state index contributed by atoms with van der Waals surface area (Å²) in [7, 11) is -2.15. The van der Waals surface area contributed by atoms with Crippen molar-refractivity contribution in [3.8, 4) is 5.69 Å². The van der Waals surface area contributed by atoms with Gasteiger partial charge in [-0.05, 0) is 61.9 Å². The monoisotopic (exact) mass is 341 g/mol. The third-order valence-corrected chi connectivity index (χ3v) is 5.49. The zero-order valence-corrected chi connectivity index (χ0v) is 14.7. The number of sulfonamides is 1. The van der Waals surface area contributed by atoms with Crippen LogP contribution in [0.3, 0.4) is 0 Å². The minimum atomic E-state index is -3.70. The van der Waals surface area contributed by atoms with E-state index in [1.54, 1.807) is 26.1 Å². The van der Waals surface area contributed by atoms with Gasteiger partial charge in [0.2, 0.25) is 0 Å². The van der Waals surface area contributed by atoms with Gasteiger partial charge < -0.3 is 4.57 Å². The number of hydrogen-bond acceptors (Lipinski definition) is 3. The molecule has 0 amide bonds. The van der Waals surface area contributed by atoms with Crippen LogP contribution in [0.4, 0.5) is 5.69 Å². The molecule has 0 atom stereocenters. The summed E-state index contributed by atoms with van der Waals surface area (Å²) in [6.45, 7) is 3.72. The Kier molecular flexibility index (Phi) is 4.15. The van der Waals surface area contributed by atoms with Gasteiger partial charge in [0.05, 0.1) is 5.69 Å². The maximum atomic E-state index is 12.9. The molecule has 2 heterocycles. The first kappa shape index (κ1) is 16.3. The maximum absolute atomic E-state index is 12.9. The van der Waals surface area contributed by atoms with Crippen molar-refractivity contribution in [1.82, 2.24) is 9.55 Å². The van der Waals surface area contributed by atoms with Crippen LogP contribution >= 0.6 is 0 Å². The lowest BCUT2D eigenvalue weighted by Gasteiger charge is -2.20. The average molecular weight is 341 g/mol. The van der Waals surface area contributed by atoms with Crippen molar-refractivity contribution >= 4 is 15.7 Å². The second kappa shape index (κ2) is 6.13. The Hall–Kier alpha value is -2.60. The normalized spacial score (nSPS) is 11.5. The molecule has 0 aliphatic heterocycles. The van der Waals surface area contributed by atoms with Gasteiger partial charge in [-0.15, -0.1) is 0 Å². The number of aromatic nitrogens is 2. The van der Waals surface area contributed by atoms with Gasteiger partial charge in [0, 0.05) is 30.8 Å². The molecule has 0 aliphatic rings. The summed E-state index contributed by atoms with van der Waals surface area (Å²) in [4.78, 5) is 4.15. The minimum Gasteiger partial charge on any atom is -0.324 e. The SMILES string of the molecule is Cc1cc(N(C)S(=O)(=O)c2cccc(C)n2)cc(-n2cccc2)c1. The van der Waals surface area contributed by atoms with E-state index < -0.39 is 10.0 Å². The van der Waals surface area contributed by atoms with Crippen LogP contribution in [-0.4, -0.2) is 25.0 Å². The van der Waals surface area contributed by atoms with Gasteiger partial charge in [-0.3, -0.25) is 4.31 Å². The zero-order chi connectivity index (χ0) is 17.3. The first-order valence-corrected chi connectivity index (χ1v) is 8.99. The number of rotatable bonds is 4. The van der Waals surface area contributed by atoms with Crippen LogP contribution in [0.2, 0.25) is 0 Å². The molecule has 0 saturated carbocycles. The number of anilines is 1. The first-order chi connectivity index (χ1) is 11.4. The third-order valence-electron chi connectivity index (χ3n) is 3.80. The van der Waals surface area contributed by atoms with Crippen molar-refractivity contribution in [2.45, 2.75) is 18.9 Å². The molecule has 1 aromatic carbocycles. The van der Waals surface area contributed by atoms with Gasteiger partial charge in [0.1, 0.15) is 0 Å². The second-order valence-electron chi connectivity index (χ2n) is 5.71. The van der Waals surface area contributed by atoms with E-state index in [-0.39, 0.29) is 5.03 Å². The Bertz CT molecular complexity index is 964. The first-order valence-electron chi connectivity index (χ1n) is 7.55. The molecular formula is C18H19N3O2S. The van der Waals surface area contributed by atoms with E-state index in [2.05, 4.69) is 4.98 Å². The van der Waals surface area contributed by atoms with Crippen molar-refractivity contribution in [2.24, 2.45) is 0 Å². The van der Waals surface area contributed by atoms with Crippen LogP contribution in [0.25, 0.3) is 5.69 Å². The van der Waals surface area contributed by atoms with E-state index in [0.717, 1.165) is 11.3 Å². The Morgan fingerprint density at radius 2 is 1.71 bits per heavy atom. The summed E-state index contributed by atoms with van der Waals surface area (Å²) in [5, 5.41) is 0.0500. The summed E-state index contributed by atoms with van der Waals surface area (Å²) in [6, 6.07) is 14.6. The highest BCUT2D eigenvalue weighted by atomic mass is 32.2. The molecule has 6 heteroatoms. The van der Waals surface area contributed by atoms with Crippen LogP contribution in [0.1, 0.15) is 11.3 Å². The predicted molar refractivity (Wildman–Crippen MR) is 95.1 cm³/mol. The minimum absolute atomic E-state index is 0.0500. The molecule has 2 aromatic heterocycles. The van der Waals surface area contributed by atoms with Gasteiger partial charge in [-0.2, -0.15) is 8.42 Å². The van der Waals surface area contributed by atoms with Crippen molar-refractivity contribution in [3.63, 3.8) is 0 Å². The van der Waals surface area contributed by atoms with Gasteiger partial charge in [-0.1, -0.05) is 6.07 Å². The number of nitrogens with zero attached hydrogens (tertiary/aromatic N) is 3. The molecule has 124 valence electrons. The second-order valence-corrected chi connectivity index (χ2v) is 7.62. The summed E-state index contributed by atoms with van der Waals surface area (Å²) >= 11 is 0. The molecule has 24 heavy (non-hydrogen) atoms. The van der Waals surface area contributed by atoms with Crippen LogP contribution in [-0.2, 0) is 10.0 Å². The molecule has 3 aromatic rings. The molecule has 0 saturated heterocycles. The number of aryl methyl sites for hydroxylation is 2. The molecule has 0 unspecified atom stereocenters. The number of hydrogen-bond donors (Lipinski definition) is 0. The largest absolute Gasteiger partial charge is 0.324 e. The smallest absolute Gasteiger partial charge is 0.281 e. The molecule has 0 fully saturated rings. The molecule has 5 nitrogen and oxygen atoms in total. The maximum Gasteiger partial charge on any atom is 0.281 e. The summed E-state index contributed by atoms with van der Waals surface area (Å²) < 4.78 is 28.9. The molecule has 0 aliphatic carbocycles. The van der Waals surface area contributed by atoms with Crippen molar-refractivity contribution in [1.29, 1.82) is 0 Å². The third kappa shape index (κ3) is 3.05. The Balaban J connectivity index is 2.05. The Labute approximate surface area is 142 Å². The van der Waals surface area contributed by atoms with Crippen LogP contribution in [0, 0.1) is 13.8 Å². The highest BCUT2D eigenvalue weighted by molar-refractivity contribution is 7.92. The topological polar surface area (TPSA) is 55.2 Å². The fourth-order valence-electron chi connectivity index (χ4n) is 2.52. The number of pyridine rings is 1. The molecule has 0 N–H and O–H groups in total. The van der Waals surface area contributed by atoms with Crippen molar-refractivity contribution < 1.29 is 8.42 Å². The Morgan fingerprint density at radius 3 is 2.38 bits per heavy atom. The van der Waals surface area contributed by atoms with Crippen molar-refractivity contribution in [3.05, 3.63) is 72.2 Å². The van der Waals surface area contributed by atoms with Gasteiger partial charge >= 0.3 is 0 Å². The van der Waals surface area contributed by atoms with E-state index in [9.17, 15) is 8.42 Å². The highest BCUT2D eigenvalue weighted by Gasteiger charge is 2.23. The number of benzene rings is 1. The summed E-state index contributed by atoms with van der Waals surface area (Å²) in [5.41, 5.74) is 3.16. The van der Waals surface area contributed by atoms with Crippen molar-refractivity contribution in [2.75, 3.05) is 11.4 Å². The Morgan fingerprint density at radius 1 is 1.00 bits per heavy atom. The molecule has 0 radical (unpaired) electrons. The lowest BCUT2D eigenvalue weighted by Crippen LogP contribution is -2.27. The molecule has 3 rings (SSSR count). The highest BCUT2D eigenvalue weighted by Crippen LogP contribution is 2.25. The van der Waals surface area contributed by atoms with Crippen LogP contribution in [0.5, 0.6) is 0 Å². The summed E-state index contributed by atoms with van der Waals surface area (Å²) in [6.07, 6.45) is 3.85. The molecule has 0 spiro atoms. The summed E-state index contributed by atoms with van der Waals surface area (Å²) in [5.74, 6) is 0. The van der Waals surface area contributed by atoms with E-state index in [4.69, 9.17) is 0 Å². The van der Waals surface area contributed by atoms with E-state index >= 15 is 0 Å². The van der Waals surface area contributed by atoms with Gasteiger partial charge in [0.15, 0.2) is 5.03 Å². The van der Waals surface area contributed by atoms with Gasteiger partial charge in [0.25, 0.3) is 10.0 Å². The lowest BCUT2D eigenvalue weighted by atomic mass is 10.2. The standard InChI is InChI=1S/C18H19N3O2S/c1-14-11-16(13-17(12-14)21-9-4-5-10-21)20(3)24(22,23)18-8-6-7-15(2)19-18/h4-13H,1-3H3. The average Bonchev–Trinajstić information content (AvgIpc) is 3.08. The van der Waals surface area contributed by atoms with E-state index in [0.29, 0.717) is 11.4 Å². The quantitative estimate of drug-likeness (QED) is 0.731. The van der Waals surface area contributed by atoms with E-state index in [1.807, 2.05) is 54.2 Å². The lowest BCUT2D eigenvalue weighted by molar-refractivity contribution is 0.590. The van der Waals surface area contributed by atoms with Crippen LogP contribution < -0.4 is 4.31 Å². The fourth-order valence-corrected chi connectivity index (χ4v) is 3.69. The molecule has 0 bridgehead atoms. The molecular weight excluding hydrogens is 322 g/mol. The zero-order valence-electron chi connectivity index (χ0n) is 13.8. The van der Waals surface area contributed by atoms with Crippen LogP contribution in [0.15, 0.2) is 66.0 Å².